The second-order valence-corrected chi connectivity index (χ2v) is 14.1. The van der Waals surface area contributed by atoms with E-state index in [4.69, 9.17) is 19.7 Å². The molecule has 2 heterocycles. The SMILES string of the molecule is [C-]#[N+]c1ccccc1-c1ccc2c(c1)c1ccccc1n2-c1cc([N+]#[C-])c(-c2cccc(C#N)c2)cc1-n1c2ccccc2c2cc(-c3ccccc3[N+]#[C-])ccc21. The van der Waals surface area contributed by atoms with Crippen molar-refractivity contribution in [1.29, 1.82) is 5.26 Å². The standard InChI is InChI=1S/C52H28N6/c1-54-44-19-8-4-15-37(44)35-23-25-49-42(28-35)39-17-6-10-21-47(39)57(49)51-30-41(34-14-12-13-33(27-34)32-53)46(56-3)31-52(51)58-48-22-11-7-18-40(48)43-29-36(24-26-50(43)58)38-16-5-9-20-45(38)55-2/h4-31H. The van der Waals surface area contributed by atoms with Crippen LogP contribution in [-0.4, -0.2) is 9.13 Å². The van der Waals surface area contributed by atoms with Crippen molar-refractivity contribution in [2.75, 3.05) is 0 Å². The van der Waals surface area contributed by atoms with Crippen LogP contribution in [0.15, 0.2) is 170 Å². The third-order valence-electron chi connectivity index (χ3n) is 11.0. The first-order valence-electron chi connectivity index (χ1n) is 18.7. The molecule has 0 N–H and O–H groups in total. The summed E-state index contributed by atoms with van der Waals surface area (Å²) in [4.78, 5) is 11.7. The van der Waals surface area contributed by atoms with Crippen LogP contribution >= 0.6 is 0 Å². The Bertz CT molecular complexity index is 3520. The molecule has 10 rings (SSSR count). The van der Waals surface area contributed by atoms with Crippen molar-refractivity contribution >= 4 is 60.7 Å². The molecule has 0 fully saturated rings. The third-order valence-corrected chi connectivity index (χ3v) is 11.0. The maximum Gasteiger partial charge on any atom is 0.197 e. The van der Waals surface area contributed by atoms with Gasteiger partial charge in [0.25, 0.3) is 0 Å². The number of benzene rings is 8. The number of nitrogens with zero attached hydrogens (tertiary/aromatic N) is 6. The molecule has 0 atom stereocenters. The molecule has 6 nitrogen and oxygen atoms in total. The molecular formula is C52H28N6. The highest BCUT2D eigenvalue weighted by atomic mass is 15.1. The quantitative estimate of drug-likeness (QED) is 0.162. The lowest BCUT2D eigenvalue weighted by atomic mass is 9.99. The van der Waals surface area contributed by atoms with Crippen molar-refractivity contribution in [1.82, 2.24) is 9.13 Å². The summed E-state index contributed by atoms with van der Waals surface area (Å²) in [5, 5.41) is 14.0. The fraction of sp³-hybridized carbons (Fsp3) is 0. The molecule has 2 aromatic heterocycles. The number of fused-ring (bicyclic) bond motifs is 6. The van der Waals surface area contributed by atoms with Crippen molar-refractivity contribution in [3.05, 3.63) is 210 Å². The average molecular weight is 737 g/mol. The van der Waals surface area contributed by atoms with Gasteiger partial charge in [-0.05, 0) is 94.0 Å². The minimum Gasteiger partial charge on any atom is -0.308 e. The Morgan fingerprint density at radius 2 is 0.845 bits per heavy atom. The van der Waals surface area contributed by atoms with Gasteiger partial charge in [-0.1, -0.05) is 109 Å². The molecule has 0 spiro atoms. The van der Waals surface area contributed by atoms with Gasteiger partial charge in [0.15, 0.2) is 17.1 Å². The van der Waals surface area contributed by atoms with E-state index in [0.29, 0.717) is 22.6 Å². The van der Waals surface area contributed by atoms with E-state index in [-0.39, 0.29) is 0 Å². The first kappa shape index (κ1) is 33.9. The summed E-state index contributed by atoms with van der Waals surface area (Å²) in [5.74, 6) is 0. The van der Waals surface area contributed by atoms with E-state index in [1.807, 2.05) is 97.1 Å². The van der Waals surface area contributed by atoms with Gasteiger partial charge >= 0.3 is 0 Å². The fourth-order valence-electron chi connectivity index (χ4n) is 8.43. The zero-order valence-corrected chi connectivity index (χ0v) is 30.8. The van der Waals surface area contributed by atoms with Crippen LogP contribution in [0.25, 0.3) is 103 Å². The molecule has 6 heteroatoms. The van der Waals surface area contributed by atoms with E-state index >= 15 is 0 Å². The van der Waals surface area contributed by atoms with Crippen molar-refractivity contribution < 1.29 is 0 Å². The normalized spacial score (nSPS) is 11.0. The Balaban J connectivity index is 1.32. The van der Waals surface area contributed by atoms with Crippen molar-refractivity contribution in [2.45, 2.75) is 0 Å². The zero-order valence-electron chi connectivity index (χ0n) is 30.8. The van der Waals surface area contributed by atoms with Crippen molar-refractivity contribution in [3.8, 4) is 50.8 Å². The average Bonchev–Trinajstić information content (AvgIpc) is 3.80. The Hall–Kier alpha value is -8.68. The zero-order chi connectivity index (χ0) is 39.3. The lowest BCUT2D eigenvalue weighted by Gasteiger charge is -2.20. The molecule has 8 aromatic carbocycles. The predicted octanol–water partition coefficient (Wildman–Crippen LogP) is 14.4. The Morgan fingerprint density at radius 1 is 0.379 bits per heavy atom. The molecule has 0 aliphatic carbocycles. The van der Waals surface area contributed by atoms with Crippen LogP contribution in [0.2, 0.25) is 0 Å². The number of hydrogen-bond acceptors (Lipinski definition) is 1. The molecule has 0 aliphatic heterocycles. The van der Waals surface area contributed by atoms with Gasteiger partial charge in [0.2, 0.25) is 0 Å². The van der Waals surface area contributed by atoms with Crippen molar-refractivity contribution in [2.24, 2.45) is 0 Å². The van der Waals surface area contributed by atoms with Crippen LogP contribution in [0.1, 0.15) is 5.56 Å². The number of nitriles is 1. The lowest BCUT2D eigenvalue weighted by molar-refractivity contribution is 1.10. The molecule has 0 saturated heterocycles. The van der Waals surface area contributed by atoms with Crippen molar-refractivity contribution in [3.63, 3.8) is 0 Å². The fourth-order valence-corrected chi connectivity index (χ4v) is 8.43. The highest BCUT2D eigenvalue weighted by molar-refractivity contribution is 6.13. The molecule has 0 radical (unpaired) electrons. The summed E-state index contributed by atoms with van der Waals surface area (Å²) in [7, 11) is 0. The van der Waals surface area contributed by atoms with Crippen LogP contribution in [0.4, 0.5) is 17.1 Å². The number of rotatable bonds is 5. The summed E-state index contributed by atoms with van der Waals surface area (Å²) in [6.45, 7) is 24.2. The summed E-state index contributed by atoms with van der Waals surface area (Å²) in [6.07, 6.45) is 0. The van der Waals surface area contributed by atoms with Crippen LogP contribution in [-0.2, 0) is 0 Å². The lowest BCUT2D eigenvalue weighted by Crippen LogP contribution is -2.04. The summed E-state index contributed by atoms with van der Waals surface area (Å²) in [6, 6.07) is 58.5. The molecule has 10 aromatic rings. The van der Waals surface area contributed by atoms with Gasteiger partial charge in [-0.3, -0.25) is 0 Å². The van der Waals surface area contributed by atoms with Crippen LogP contribution in [0, 0.1) is 31.0 Å². The van der Waals surface area contributed by atoms with Gasteiger partial charge in [-0.25, -0.2) is 14.5 Å². The van der Waals surface area contributed by atoms with Crippen LogP contribution < -0.4 is 0 Å². The summed E-state index contributed by atoms with van der Waals surface area (Å²) >= 11 is 0. The molecule has 0 aliphatic rings. The van der Waals surface area contributed by atoms with Crippen LogP contribution in [0.5, 0.6) is 0 Å². The number of hydrogen-bond donors (Lipinski definition) is 0. The largest absolute Gasteiger partial charge is 0.308 e. The van der Waals surface area contributed by atoms with Crippen LogP contribution in [0.3, 0.4) is 0 Å². The minimum atomic E-state index is 0.459. The summed E-state index contributed by atoms with van der Waals surface area (Å²) in [5.41, 5.74) is 12.9. The maximum atomic E-state index is 9.86. The molecule has 0 saturated carbocycles. The number of para-hydroxylation sites is 4. The van der Waals surface area contributed by atoms with E-state index < -0.39 is 0 Å². The molecule has 0 unspecified atom stereocenters. The Labute approximate surface area is 334 Å². The summed E-state index contributed by atoms with van der Waals surface area (Å²) < 4.78 is 4.52. The van der Waals surface area contributed by atoms with Gasteiger partial charge < -0.3 is 9.13 Å². The smallest absolute Gasteiger partial charge is 0.197 e. The molecule has 58 heavy (non-hydrogen) atoms. The topological polar surface area (TPSA) is 46.7 Å². The van der Waals surface area contributed by atoms with E-state index in [2.05, 4.69) is 96.5 Å². The van der Waals surface area contributed by atoms with E-state index in [0.717, 1.165) is 88.4 Å². The predicted molar refractivity (Wildman–Crippen MR) is 235 cm³/mol. The monoisotopic (exact) mass is 736 g/mol. The molecular weight excluding hydrogens is 709 g/mol. The Kier molecular flexibility index (Phi) is 7.92. The highest BCUT2D eigenvalue weighted by Gasteiger charge is 2.23. The van der Waals surface area contributed by atoms with E-state index in [1.54, 1.807) is 6.07 Å². The second kappa shape index (κ2) is 13.6. The maximum absolute atomic E-state index is 9.86. The first-order chi connectivity index (χ1) is 28.6. The number of aromatic nitrogens is 2. The van der Waals surface area contributed by atoms with Gasteiger partial charge in [0.1, 0.15) is 0 Å². The molecule has 0 amide bonds. The highest BCUT2D eigenvalue weighted by Crippen LogP contribution is 2.45. The second-order valence-electron chi connectivity index (χ2n) is 14.1. The molecule has 266 valence electrons. The van der Waals surface area contributed by atoms with Gasteiger partial charge in [-0.2, -0.15) is 5.26 Å². The van der Waals surface area contributed by atoms with Gasteiger partial charge in [0, 0.05) is 21.5 Å². The first-order valence-corrected chi connectivity index (χ1v) is 18.7. The Morgan fingerprint density at radius 3 is 1.38 bits per heavy atom. The third kappa shape index (κ3) is 5.23. The molecule has 0 bridgehead atoms. The van der Waals surface area contributed by atoms with Gasteiger partial charge in [0.05, 0.1) is 64.8 Å². The minimum absolute atomic E-state index is 0.459. The van der Waals surface area contributed by atoms with E-state index in [9.17, 15) is 5.26 Å². The van der Waals surface area contributed by atoms with Gasteiger partial charge in [-0.15, -0.1) is 0 Å². The van der Waals surface area contributed by atoms with E-state index in [1.165, 1.54) is 0 Å².